The molecule has 3 nitrogen and oxygen atoms in total. The zero-order valence-corrected chi connectivity index (χ0v) is 16.3. The third kappa shape index (κ3) is 3.13. The van der Waals surface area contributed by atoms with Crippen LogP contribution in [0.4, 0.5) is 13.2 Å². The molecule has 0 unspecified atom stereocenters. The first-order valence-corrected chi connectivity index (χ1v) is 9.21. The predicted octanol–water partition coefficient (Wildman–Crippen LogP) is 5.01. The topological polar surface area (TPSA) is 37.0 Å². The minimum absolute atomic E-state index is 0.0734. The molecule has 1 aromatic heterocycles. The molecular formula is C23H20F3N2O+. The molecule has 0 bridgehead atoms. The molecule has 0 saturated carbocycles. The van der Waals surface area contributed by atoms with Gasteiger partial charge in [0.15, 0.2) is 5.52 Å². The van der Waals surface area contributed by atoms with Gasteiger partial charge in [-0.3, -0.25) is 0 Å². The number of benzene rings is 3. The van der Waals surface area contributed by atoms with E-state index in [0.29, 0.717) is 22.0 Å². The van der Waals surface area contributed by atoms with Crippen molar-refractivity contribution in [1.29, 1.82) is 0 Å². The van der Waals surface area contributed by atoms with Crippen LogP contribution in [0.1, 0.15) is 22.3 Å². The lowest BCUT2D eigenvalue weighted by atomic mass is 9.92. The Morgan fingerprint density at radius 1 is 1.03 bits per heavy atom. The number of aromatic nitrogens is 2. The van der Waals surface area contributed by atoms with Crippen molar-refractivity contribution in [3.05, 3.63) is 71.0 Å². The summed E-state index contributed by atoms with van der Waals surface area (Å²) in [5, 5.41) is 10.7. The fraction of sp³-hybridized carbons (Fsp3) is 0.217. The number of fused-ring (bicyclic) bond motifs is 2. The minimum atomic E-state index is -4.54. The van der Waals surface area contributed by atoms with Crippen LogP contribution in [0.2, 0.25) is 0 Å². The van der Waals surface area contributed by atoms with Gasteiger partial charge >= 0.3 is 6.18 Å². The van der Waals surface area contributed by atoms with Crippen LogP contribution in [-0.2, 0) is 19.8 Å². The van der Waals surface area contributed by atoms with Crippen LogP contribution in [0, 0.1) is 13.8 Å². The Labute approximate surface area is 166 Å². The molecule has 0 fully saturated rings. The second kappa shape index (κ2) is 6.81. The summed E-state index contributed by atoms with van der Waals surface area (Å²) in [4.78, 5) is 4.17. The van der Waals surface area contributed by atoms with Gasteiger partial charge in [0.05, 0.1) is 19.0 Å². The van der Waals surface area contributed by atoms with E-state index in [4.69, 9.17) is 0 Å². The minimum Gasteiger partial charge on any atom is -0.392 e. The molecule has 0 aliphatic rings. The molecule has 29 heavy (non-hydrogen) atoms. The van der Waals surface area contributed by atoms with Crippen molar-refractivity contribution in [3.63, 3.8) is 0 Å². The fourth-order valence-corrected chi connectivity index (χ4v) is 3.94. The van der Waals surface area contributed by atoms with E-state index in [2.05, 4.69) is 4.98 Å². The third-order valence-corrected chi connectivity index (χ3v) is 5.44. The lowest BCUT2D eigenvalue weighted by Crippen LogP contribution is -2.32. The highest BCUT2D eigenvalue weighted by atomic mass is 19.4. The van der Waals surface area contributed by atoms with Crippen LogP contribution in [0.3, 0.4) is 0 Å². The molecule has 0 atom stereocenters. The van der Waals surface area contributed by atoms with Crippen molar-refractivity contribution in [3.8, 4) is 11.3 Å². The average molecular weight is 397 g/mol. The zero-order chi connectivity index (χ0) is 20.9. The van der Waals surface area contributed by atoms with Crippen molar-refractivity contribution in [2.75, 3.05) is 0 Å². The number of aliphatic hydroxyl groups is 1. The molecule has 0 amide bonds. The standard InChI is InChI=1S/C23H20F3N2O/c1-13-8-15(11-29)9-18(14(13)2)22-19-10-16-6-4-5-7-17(16)20(23(24,25)26)21(19)27-12-28(22)3/h4-10,12,29H,11H2,1-3H3/q+1. The van der Waals surface area contributed by atoms with Crippen LogP contribution in [0.5, 0.6) is 0 Å². The molecular weight excluding hydrogens is 377 g/mol. The summed E-state index contributed by atoms with van der Waals surface area (Å²) >= 11 is 0. The molecule has 6 heteroatoms. The van der Waals surface area contributed by atoms with E-state index in [9.17, 15) is 18.3 Å². The molecule has 148 valence electrons. The molecule has 0 radical (unpaired) electrons. The molecule has 0 spiro atoms. The maximum atomic E-state index is 14.1. The monoisotopic (exact) mass is 397 g/mol. The van der Waals surface area contributed by atoms with E-state index in [1.807, 2.05) is 26.0 Å². The number of rotatable bonds is 2. The number of hydrogen-bond donors (Lipinski definition) is 1. The van der Waals surface area contributed by atoms with E-state index < -0.39 is 11.7 Å². The first kappa shape index (κ1) is 19.3. The van der Waals surface area contributed by atoms with Crippen LogP contribution in [0.15, 0.2) is 48.8 Å². The van der Waals surface area contributed by atoms with Gasteiger partial charge in [-0.25, -0.2) is 4.57 Å². The molecule has 0 aliphatic carbocycles. The summed E-state index contributed by atoms with van der Waals surface area (Å²) in [5.41, 5.74) is 3.26. The fourth-order valence-electron chi connectivity index (χ4n) is 3.94. The van der Waals surface area contributed by atoms with Crippen LogP contribution < -0.4 is 4.57 Å². The van der Waals surface area contributed by atoms with Crippen molar-refractivity contribution < 1.29 is 22.8 Å². The number of aryl methyl sites for hydroxylation is 2. The van der Waals surface area contributed by atoms with Crippen molar-refractivity contribution >= 4 is 21.7 Å². The van der Waals surface area contributed by atoms with Gasteiger partial charge in [0.1, 0.15) is 11.3 Å². The zero-order valence-electron chi connectivity index (χ0n) is 16.3. The molecule has 0 aliphatic heterocycles. The number of halogens is 3. The molecule has 4 rings (SSSR count). The Balaban J connectivity index is 2.22. The van der Waals surface area contributed by atoms with Crippen LogP contribution >= 0.6 is 0 Å². The predicted molar refractivity (Wildman–Crippen MR) is 106 cm³/mol. The second-order valence-corrected chi connectivity index (χ2v) is 7.31. The van der Waals surface area contributed by atoms with E-state index in [0.717, 1.165) is 16.7 Å². The molecule has 1 N–H and O–H groups in total. The summed E-state index contributed by atoms with van der Waals surface area (Å²) in [7, 11) is 1.77. The van der Waals surface area contributed by atoms with Crippen LogP contribution in [0.25, 0.3) is 32.9 Å². The summed E-state index contributed by atoms with van der Waals surface area (Å²) in [6.45, 7) is 3.72. The quantitative estimate of drug-likeness (QED) is 0.381. The van der Waals surface area contributed by atoms with Gasteiger partial charge in [-0.05, 0) is 58.4 Å². The molecule has 0 saturated heterocycles. The van der Waals surface area contributed by atoms with E-state index >= 15 is 0 Å². The van der Waals surface area contributed by atoms with Crippen molar-refractivity contribution in [1.82, 2.24) is 4.98 Å². The van der Waals surface area contributed by atoms with Gasteiger partial charge in [-0.15, -0.1) is 0 Å². The van der Waals surface area contributed by atoms with Gasteiger partial charge in [0, 0.05) is 5.56 Å². The normalized spacial score (nSPS) is 12.1. The Morgan fingerprint density at radius 2 is 1.76 bits per heavy atom. The molecule has 1 heterocycles. The Bertz CT molecular complexity index is 1260. The summed E-state index contributed by atoms with van der Waals surface area (Å²) < 4.78 is 43.9. The first-order valence-electron chi connectivity index (χ1n) is 9.21. The maximum absolute atomic E-state index is 14.1. The average Bonchev–Trinajstić information content (AvgIpc) is 2.67. The lowest BCUT2D eigenvalue weighted by Gasteiger charge is -2.16. The largest absolute Gasteiger partial charge is 0.421 e. The van der Waals surface area contributed by atoms with Crippen LogP contribution in [-0.4, -0.2) is 10.1 Å². The number of alkyl halides is 3. The number of nitrogens with zero attached hydrogens (tertiary/aromatic N) is 2. The summed E-state index contributed by atoms with van der Waals surface area (Å²) in [6.07, 6.45) is -3.12. The first-order chi connectivity index (χ1) is 13.7. The third-order valence-electron chi connectivity index (χ3n) is 5.44. The van der Waals surface area contributed by atoms with Gasteiger partial charge in [0.2, 0.25) is 0 Å². The summed E-state index contributed by atoms with van der Waals surface area (Å²) in [5.74, 6) is 0. The lowest BCUT2D eigenvalue weighted by molar-refractivity contribution is -0.662. The smallest absolute Gasteiger partial charge is 0.392 e. The highest BCUT2D eigenvalue weighted by Gasteiger charge is 2.38. The van der Waals surface area contributed by atoms with E-state index in [1.165, 1.54) is 12.4 Å². The van der Waals surface area contributed by atoms with Crippen molar-refractivity contribution in [2.24, 2.45) is 7.05 Å². The van der Waals surface area contributed by atoms with Gasteiger partial charge in [-0.2, -0.15) is 13.2 Å². The highest BCUT2D eigenvalue weighted by Crippen LogP contribution is 2.41. The van der Waals surface area contributed by atoms with Gasteiger partial charge in [0.25, 0.3) is 6.33 Å². The second-order valence-electron chi connectivity index (χ2n) is 7.31. The molecule has 3 aromatic carbocycles. The molecule has 4 aromatic rings. The van der Waals surface area contributed by atoms with Gasteiger partial charge in [-0.1, -0.05) is 30.3 Å². The number of hydrogen-bond acceptors (Lipinski definition) is 2. The van der Waals surface area contributed by atoms with E-state index in [-0.39, 0.29) is 17.5 Å². The van der Waals surface area contributed by atoms with Crippen molar-refractivity contribution in [2.45, 2.75) is 26.6 Å². The Hall–Kier alpha value is -2.99. The number of aliphatic hydroxyl groups excluding tert-OH is 1. The Morgan fingerprint density at radius 3 is 2.45 bits per heavy atom. The maximum Gasteiger partial charge on any atom is 0.421 e. The Kier molecular flexibility index (Phi) is 4.54. The highest BCUT2D eigenvalue weighted by molar-refractivity contribution is 6.05. The SMILES string of the molecule is Cc1cc(CO)cc(-c2c3cc4ccccc4c(C(F)(F)F)c3nc[n+]2C)c1C. The van der Waals surface area contributed by atoms with Gasteiger partial charge < -0.3 is 5.11 Å². The summed E-state index contributed by atoms with van der Waals surface area (Å²) in [6, 6.07) is 12.0. The van der Waals surface area contributed by atoms with E-state index in [1.54, 1.807) is 35.9 Å².